The van der Waals surface area contributed by atoms with Crippen LogP contribution in [0.5, 0.6) is 0 Å². The Kier molecular flexibility index (Phi) is 5.20. The minimum Gasteiger partial charge on any atom is -0.459 e. The van der Waals surface area contributed by atoms with Crippen molar-refractivity contribution in [2.75, 3.05) is 16.8 Å². The molecule has 1 atom stereocenters. The van der Waals surface area contributed by atoms with Gasteiger partial charge in [0.25, 0.3) is 0 Å². The van der Waals surface area contributed by atoms with Crippen LogP contribution in [0.25, 0.3) is 0 Å². The van der Waals surface area contributed by atoms with Crippen LogP contribution in [0.2, 0.25) is 0 Å². The molecule has 1 heterocycles. The Morgan fingerprint density at radius 3 is 2.57 bits per heavy atom. The molecule has 0 saturated carbocycles. The Labute approximate surface area is 131 Å². The Morgan fingerprint density at radius 1 is 1.33 bits per heavy atom. The van der Waals surface area contributed by atoms with Gasteiger partial charge >= 0.3 is 5.97 Å². The zero-order valence-electron chi connectivity index (χ0n) is 13.3. The smallest absolute Gasteiger partial charge is 0.338 e. The topological polar surface area (TPSA) is 38.3 Å². The molecule has 2 rings (SSSR count). The zero-order chi connectivity index (χ0) is 15.5. The number of carbonyl (C=O) groups excluding carboxylic acids is 1. The van der Waals surface area contributed by atoms with Gasteiger partial charge in [0.05, 0.1) is 11.7 Å². The summed E-state index contributed by atoms with van der Waals surface area (Å²) in [6.45, 7) is 8.35. The fourth-order valence-corrected chi connectivity index (χ4v) is 3.97. The predicted molar refractivity (Wildman–Crippen MR) is 90.1 cm³/mol. The van der Waals surface area contributed by atoms with Gasteiger partial charge in [-0.2, -0.15) is 11.8 Å². The standard InChI is InChI=1S/C17H25NO2S/c1-12(2)20-16(19)13-5-7-14(8-6-13)18-15-11-21-10-9-17(15,3)4/h5-8,12,15,18H,9-11H2,1-4H3. The van der Waals surface area contributed by atoms with Crippen LogP contribution in [0.4, 0.5) is 5.69 Å². The maximum atomic E-state index is 11.8. The molecule has 0 radical (unpaired) electrons. The highest BCUT2D eigenvalue weighted by molar-refractivity contribution is 7.99. The molecule has 3 nitrogen and oxygen atoms in total. The van der Waals surface area contributed by atoms with E-state index in [1.807, 2.05) is 49.9 Å². The Morgan fingerprint density at radius 2 is 2.00 bits per heavy atom. The minimum absolute atomic E-state index is 0.0876. The second kappa shape index (κ2) is 6.73. The van der Waals surface area contributed by atoms with E-state index < -0.39 is 0 Å². The molecule has 0 aliphatic carbocycles. The van der Waals surface area contributed by atoms with Crippen LogP contribution in [0.1, 0.15) is 44.5 Å². The number of hydrogen-bond donors (Lipinski definition) is 1. The van der Waals surface area contributed by atoms with Gasteiger partial charge in [-0.3, -0.25) is 0 Å². The van der Waals surface area contributed by atoms with E-state index in [1.54, 1.807) is 0 Å². The molecule has 1 aliphatic rings. The van der Waals surface area contributed by atoms with Crippen molar-refractivity contribution >= 4 is 23.4 Å². The predicted octanol–water partition coefficient (Wildman–Crippen LogP) is 4.20. The van der Waals surface area contributed by atoms with Crippen LogP contribution >= 0.6 is 11.8 Å². The average molecular weight is 307 g/mol. The zero-order valence-corrected chi connectivity index (χ0v) is 14.1. The molecular formula is C17H25NO2S. The van der Waals surface area contributed by atoms with Gasteiger partial charge in [0, 0.05) is 17.5 Å². The van der Waals surface area contributed by atoms with E-state index >= 15 is 0 Å². The third kappa shape index (κ3) is 4.40. The second-order valence-corrected chi connectivity index (χ2v) is 7.69. The third-order valence-electron chi connectivity index (χ3n) is 3.92. The summed E-state index contributed by atoms with van der Waals surface area (Å²) in [5, 5.41) is 3.61. The van der Waals surface area contributed by atoms with Crippen LogP contribution in [0.15, 0.2) is 24.3 Å². The van der Waals surface area contributed by atoms with Gasteiger partial charge in [0.2, 0.25) is 0 Å². The number of carbonyl (C=O) groups is 1. The van der Waals surface area contributed by atoms with E-state index in [2.05, 4.69) is 19.2 Å². The van der Waals surface area contributed by atoms with Crippen molar-refractivity contribution in [3.63, 3.8) is 0 Å². The fraction of sp³-hybridized carbons (Fsp3) is 0.588. The Bertz CT molecular complexity index is 482. The SMILES string of the molecule is CC(C)OC(=O)c1ccc(NC2CSCCC2(C)C)cc1. The molecule has 0 amide bonds. The summed E-state index contributed by atoms with van der Waals surface area (Å²) in [6, 6.07) is 8.05. The van der Waals surface area contributed by atoms with E-state index in [0.29, 0.717) is 17.0 Å². The first-order chi connectivity index (χ1) is 9.88. The Hall–Kier alpha value is -1.16. The highest BCUT2D eigenvalue weighted by atomic mass is 32.2. The van der Waals surface area contributed by atoms with Crippen LogP contribution in [-0.2, 0) is 4.74 Å². The summed E-state index contributed by atoms with van der Waals surface area (Å²) >= 11 is 2.00. The van der Waals surface area contributed by atoms with E-state index in [1.165, 1.54) is 12.2 Å². The summed E-state index contributed by atoms with van der Waals surface area (Å²) in [5.41, 5.74) is 1.98. The van der Waals surface area contributed by atoms with E-state index in [9.17, 15) is 4.79 Å². The molecule has 21 heavy (non-hydrogen) atoms. The number of esters is 1. The molecular weight excluding hydrogens is 282 g/mol. The first-order valence-electron chi connectivity index (χ1n) is 7.54. The largest absolute Gasteiger partial charge is 0.459 e. The lowest BCUT2D eigenvalue weighted by atomic mass is 9.82. The summed E-state index contributed by atoms with van der Waals surface area (Å²) < 4.78 is 5.20. The van der Waals surface area contributed by atoms with E-state index in [0.717, 1.165) is 11.4 Å². The molecule has 1 aromatic rings. The highest BCUT2D eigenvalue weighted by Gasteiger charge is 2.32. The summed E-state index contributed by atoms with van der Waals surface area (Å²) in [7, 11) is 0. The van der Waals surface area contributed by atoms with E-state index in [-0.39, 0.29) is 12.1 Å². The number of hydrogen-bond acceptors (Lipinski definition) is 4. The van der Waals surface area contributed by atoms with Gasteiger partial charge in [0.1, 0.15) is 0 Å². The molecule has 0 bridgehead atoms. The molecule has 0 aromatic heterocycles. The average Bonchev–Trinajstić information content (AvgIpc) is 2.41. The third-order valence-corrected chi connectivity index (χ3v) is 4.98. The normalized spacial score (nSPS) is 21.1. The maximum absolute atomic E-state index is 11.8. The number of anilines is 1. The number of benzene rings is 1. The van der Waals surface area contributed by atoms with Gasteiger partial charge < -0.3 is 10.1 Å². The lowest BCUT2D eigenvalue weighted by molar-refractivity contribution is 0.0378. The van der Waals surface area contributed by atoms with Gasteiger partial charge in [-0.1, -0.05) is 13.8 Å². The van der Waals surface area contributed by atoms with Crippen LogP contribution in [0.3, 0.4) is 0 Å². The van der Waals surface area contributed by atoms with Crippen molar-refractivity contribution in [1.29, 1.82) is 0 Å². The Balaban J connectivity index is 2.00. The molecule has 1 aliphatic heterocycles. The molecule has 1 aromatic carbocycles. The van der Waals surface area contributed by atoms with Crippen molar-refractivity contribution in [2.24, 2.45) is 5.41 Å². The van der Waals surface area contributed by atoms with Gasteiger partial charge in [-0.05, 0) is 55.7 Å². The van der Waals surface area contributed by atoms with Crippen molar-refractivity contribution in [1.82, 2.24) is 0 Å². The summed E-state index contributed by atoms with van der Waals surface area (Å²) in [5.74, 6) is 2.11. The highest BCUT2D eigenvalue weighted by Crippen LogP contribution is 2.36. The molecule has 0 spiro atoms. The van der Waals surface area contributed by atoms with E-state index in [4.69, 9.17) is 4.74 Å². The number of nitrogens with one attached hydrogen (secondary N) is 1. The van der Waals surface area contributed by atoms with Crippen LogP contribution < -0.4 is 5.32 Å². The van der Waals surface area contributed by atoms with Gasteiger partial charge in [-0.25, -0.2) is 4.79 Å². The monoisotopic (exact) mass is 307 g/mol. The second-order valence-electron chi connectivity index (χ2n) is 6.54. The molecule has 1 saturated heterocycles. The molecule has 1 unspecified atom stereocenters. The number of thioether (sulfide) groups is 1. The minimum atomic E-state index is -0.259. The van der Waals surface area contributed by atoms with Crippen LogP contribution in [0, 0.1) is 5.41 Å². The molecule has 1 fully saturated rings. The van der Waals surface area contributed by atoms with Crippen molar-refractivity contribution in [3.05, 3.63) is 29.8 Å². The first kappa shape index (κ1) is 16.2. The number of rotatable bonds is 4. The van der Waals surface area contributed by atoms with Crippen molar-refractivity contribution in [2.45, 2.75) is 46.3 Å². The first-order valence-corrected chi connectivity index (χ1v) is 8.69. The lowest BCUT2D eigenvalue weighted by Crippen LogP contribution is -2.41. The van der Waals surface area contributed by atoms with Crippen LogP contribution in [-0.4, -0.2) is 29.6 Å². The van der Waals surface area contributed by atoms with Crippen molar-refractivity contribution in [3.8, 4) is 0 Å². The lowest BCUT2D eigenvalue weighted by Gasteiger charge is -2.39. The molecule has 1 N–H and O–H groups in total. The molecule has 116 valence electrons. The van der Waals surface area contributed by atoms with Crippen molar-refractivity contribution < 1.29 is 9.53 Å². The number of ether oxygens (including phenoxy) is 1. The quantitative estimate of drug-likeness (QED) is 0.846. The molecule has 4 heteroatoms. The van der Waals surface area contributed by atoms with Gasteiger partial charge in [0.15, 0.2) is 0 Å². The van der Waals surface area contributed by atoms with Gasteiger partial charge in [-0.15, -0.1) is 0 Å². The summed E-state index contributed by atoms with van der Waals surface area (Å²) in [4.78, 5) is 11.8. The maximum Gasteiger partial charge on any atom is 0.338 e. The summed E-state index contributed by atoms with van der Waals surface area (Å²) in [6.07, 6.45) is 1.14. The fourth-order valence-electron chi connectivity index (χ4n) is 2.36.